The van der Waals surface area contributed by atoms with E-state index in [1.54, 1.807) is 0 Å². The van der Waals surface area contributed by atoms with Crippen LogP contribution in [0.1, 0.15) is 206 Å². The van der Waals surface area contributed by atoms with E-state index in [0.717, 1.165) is 77.0 Å². The minimum absolute atomic E-state index is 0.00756. The number of unbranched alkanes of at least 4 members (excludes halogenated alkanes) is 22. The number of nitrogens with two attached hydrogens (primary N) is 1. The van der Waals surface area contributed by atoms with Crippen molar-refractivity contribution in [2.24, 2.45) is 5.73 Å². The van der Waals surface area contributed by atoms with Crippen LogP contribution in [0.25, 0.3) is 0 Å². The molecule has 0 rings (SSSR count). The zero-order valence-electron chi connectivity index (χ0n) is 38.7. The molecule has 354 valence electrons. The topological polar surface area (TPSA) is 155 Å². The van der Waals surface area contributed by atoms with Crippen LogP contribution >= 0.6 is 7.82 Å². The first-order valence-corrected chi connectivity index (χ1v) is 25.8. The average molecular weight is 880 g/mol. The second kappa shape index (κ2) is 45.7. The van der Waals surface area contributed by atoms with Gasteiger partial charge >= 0.3 is 19.8 Å². The molecule has 0 heterocycles. The number of hydrogen-bond donors (Lipinski definition) is 3. The van der Waals surface area contributed by atoms with Crippen molar-refractivity contribution in [2.75, 3.05) is 26.4 Å². The Balaban J connectivity index is 4.21. The fourth-order valence-electron chi connectivity index (χ4n) is 6.46. The van der Waals surface area contributed by atoms with Crippen molar-refractivity contribution in [3.8, 4) is 0 Å². The van der Waals surface area contributed by atoms with Crippen LogP contribution in [0.3, 0.4) is 0 Å². The molecule has 3 atom stereocenters. The third kappa shape index (κ3) is 45.5. The van der Waals surface area contributed by atoms with Gasteiger partial charge in [-0.25, -0.2) is 4.57 Å². The number of allylic oxidation sites excluding steroid dienone is 10. The number of carbonyl (C=O) groups excluding carboxylic acids is 1. The summed E-state index contributed by atoms with van der Waals surface area (Å²) in [5, 5.41) is 8.92. The van der Waals surface area contributed by atoms with E-state index >= 15 is 0 Å². The molecule has 0 spiro atoms. The molecule has 0 saturated heterocycles. The van der Waals surface area contributed by atoms with Gasteiger partial charge in [0.2, 0.25) is 0 Å². The lowest BCUT2D eigenvalue weighted by molar-refractivity contribution is -0.154. The highest BCUT2D eigenvalue weighted by molar-refractivity contribution is 7.47. The Hall–Kier alpha value is -2.33. The van der Waals surface area contributed by atoms with Crippen molar-refractivity contribution in [2.45, 2.75) is 219 Å². The minimum atomic E-state index is -4.63. The van der Waals surface area contributed by atoms with E-state index in [1.165, 1.54) is 103 Å². The van der Waals surface area contributed by atoms with Gasteiger partial charge in [-0.3, -0.25) is 18.6 Å². The molecule has 0 aromatic rings. The van der Waals surface area contributed by atoms with Crippen molar-refractivity contribution in [3.05, 3.63) is 60.8 Å². The summed E-state index contributed by atoms with van der Waals surface area (Å²) < 4.78 is 33.5. The predicted octanol–water partition coefficient (Wildman–Crippen LogP) is 14.0. The van der Waals surface area contributed by atoms with Crippen LogP contribution in [0.2, 0.25) is 0 Å². The summed E-state index contributed by atoms with van der Waals surface area (Å²) in [4.78, 5) is 33.6. The molecule has 3 unspecified atom stereocenters. The molecule has 0 aliphatic heterocycles. The second-order valence-corrected chi connectivity index (χ2v) is 17.7. The van der Waals surface area contributed by atoms with Gasteiger partial charge in [0.05, 0.1) is 19.8 Å². The molecule has 0 aliphatic rings. The first-order valence-electron chi connectivity index (χ1n) is 24.3. The first-order chi connectivity index (χ1) is 29.7. The van der Waals surface area contributed by atoms with Crippen molar-refractivity contribution >= 4 is 19.8 Å². The SMILES string of the molecule is CCCCC/C=C\C/C=C\C/C=C\CCCCCCCCC(=O)OC(COCCCCCCCCCCCC/C=C\C/C=C\CCCCC)COP(=O)(O)OCC(N)C(=O)O. The molecule has 0 aliphatic carbocycles. The number of phosphoric acid groups is 1. The largest absolute Gasteiger partial charge is 0.480 e. The van der Waals surface area contributed by atoms with Gasteiger partial charge in [-0.1, -0.05) is 177 Å². The van der Waals surface area contributed by atoms with E-state index in [-0.39, 0.29) is 13.0 Å². The number of esters is 1. The number of phosphoric ester groups is 1. The van der Waals surface area contributed by atoms with Gasteiger partial charge < -0.3 is 25.2 Å². The molecule has 61 heavy (non-hydrogen) atoms. The van der Waals surface area contributed by atoms with E-state index in [4.69, 9.17) is 29.4 Å². The minimum Gasteiger partial charge on any atom is -0.480 e. The fraction of sp³-hybridized carbons (Fsp3) is 0.760. The summed E-state index contributed by atoms with van der Waals surface area (Å²) >= 11 is 0. The summed E-state index contributed by atoms with van der Waals surface area (Å²) in [7, 11) is -4.63. The van der Waals surface area contributed by atoms with Gasteiger partial charge in [0.1, 0.15) is 12.1 Å². The zero-order valence-corrected chi connectivity index (χ0v) is 39.6. The number of hydrogen-bond acceptors (Lipinski definition) is 8. The maximum absolute atomic E-state index is 12.7. The molecule has 0 aromatic heterocycles. The van der Waals surface area contributed by atoms with Crippen LogP contribution in [-0.4, -0.2) is 60.5 Å². The van der Waals surface area contributed by atoms with E-state index in [0.29, 0.717) is 13.0 Å². The molecule has 0 fully saturated rings. The van der Waals surface area contributed by atoms with Crippen LogP contribution in [0.4, 0.5) is 0 Å². The van der Waals surface area contributed by atoms with Gasteiger partial charge in [0.25, 0.3) is 0 Å². The summed E-state index contributed by atoms with van der Waals surface area (Å²) in [5.41, 5.74) is 5.37. The monoisotopic (exact) mass is 880 g/mol. The maximum Gasteiger partial charge on any atom is 0.472 e. The molecule has 0 bridgehead atoms. The number of aliphatic carboxylic acids is 1. The van der Waals surface area contributed by atoms with Gasteiger partial charge in [-0.2, -0.15) is 0 Å². The molecule has 0 aromatic carbocycles. The average Bonchev–Trinajstić information content (AvgIpc) is 3.24. The number of carboxylic acids is 1. The highest BCUT2D eigenvalue weighted by atomic mass is 31.2. The Morgan fingerprint density at radius 2 is 0.902 bits per heavy atom. The molecule has 0 amide bonds. The number of rotatable bonds is 46. The van der Waals surface area contributed by atoms with E-state index in [1.807, 2.05) is 0 Å². The van der Waals surface area contributed by atoms with E-state index in [9.17, 15) is 19.0 Å². The lowest BCUT2D eigenvalue weighted by atomic mass is 10.1. The molecular formula is C50H90NO9P. The lowest BCUT2D eigenvalue weighted by Gasteiger charge is -2.20. The summed E-state index contributed by atoms with van der Waals surface area (Å²) in [6.45, 7) is 3.82. The van der Waals surface area contributed by atoms with Crippen LogP contribution in [0.5, 0.6) is 0 Å². The Kier molecular flexibility index (Phi) is 43.9. The second-order valence-electron chi connectivity index (χ2n) is 16.2. The number of ether oxygens (including phenoxy) is 2. The normalized spacial score (nSPS) is 14.3. The van der Waals surface area contributed by atoms with Crippen molar-refractivity contribution in [3.63, 3.8) is 0 Å². The molecule has 10 nitrogen and oxygen atoms in total. The van der Waals surface area contributed by atoms with Gasteiger partial charge in [0.15, 0.2) is 0 Å². The van der Waals surface area contributed by atoms with Crippen molar-refractivity contribution in [1.29, 1.82) is 0 Å². The number of carbonyl (C=O) groups is 2. The van der Waals surface area contributed by atoms with Gasteiger partial charge in [0, 0.05) is 13.0 Å². The van der Waals surface area contributed by atoms with Crippen molar-refractivity contribution in [1.82, 2.24) is 0 Å². The molecule has 0 saturated carbocycles. The van der Waals surface area contributed by atoms with Crippen molar-refractivity contribution < 1.29 is 42.7 Å². The van der Waals surface area contributed by atoms with Gasteiger partial charge in [-0.15, -0.1) is 0 Å². The van der Waals surface area contributed by atoms with Gasteiger partial charge in [-0.05, 0) is 83.5 Å². The highest BCUT2D eigenvalue weighted by Crippen LogP contribution is 2.43. The highest BCUT2D eigenvalue weighted by Gasteiger charge is 2.27. The van der Waals surface area contributed by atoms with E-state index < -0.39 is 45.1 Å². The Labute approximate surface area is 372 Å². The Bertz CT molecular complexity index is 1200. The standard InChI is InChI=1S/C50H90NO9P/c1-3-5-7-9-11-13-15-17-19-21-23-25-27-29-31-33-35-37-39-41-43-57-44-47(45-58-61(55,56)59-46-48(51)50(53)54)60-49(52)42-40-38-36-34-32-30-28-26-24-22-20-18-16-14-12-10-8-6-4-2/h11-14,17-20,24,26,47-48H,3-10,15-16,21-23,25,27-46,51H2,1-2H3,(H,53,54)(H,55,56)/b13-11-,14-12-,19-17-,20-18-,26-24-. The smallest absolute Gasteiger partial charge is 0.472 e. The van der Waals surface area contributed by atoms with Crippen LogP contribution in [0.15, 0.2) is 60.8 Å². The predicted molar refractivity (Wildman–Crippen MR) is 254 cm³/mol. The van der Waals surface area contributed by atoms with Crippen LogP contribution in [0, 0.1) is 0 Å². The molecule has 11 heteroatoms. The third-order valence-electron chi connectivity index (χ3n) is 10.3. The Morgan fingerprint density at radius 1 is 0.525 bits per heavy atom. The maximum atomic E-state index is 12.7. The van der Waals surface area contributed by atoms with E-state index in [2.05, 4.69) is 74.6 Å². The Morgan fingerprint density at radius 3 is 1.34 bits per heavy atom. The zero-order chi connectivity index (χ0) is 44.8. The van der Waals surface area contributed by atoms with Crippen LogP contribution < -0.4 is 5.73 Å². The van der Waals surface area contributed by atoms with Crippen LogP contribution in [-0.2, 0) is 32.7 Å². The summed E-state index contributed by atoms with van der Waals surface area (Å²) in [6.07, 6.45) is 55.5. The lowest BCUT2D eigenvalue weighted by Crippen LogP contribution is -2.34. The fourth-order valence-corrected chi connectivity index (χ4v) is 7.24. The first kappa shape index (κ1) is 58.7. The third-order valence-corrected chi connectivity index (χ3v) is 11.2. The molecular weight excluding hydrogens is 790 g/mol. The molecule has 4 N–H and O–H groups in total. The summed E-state index contributed by atoms with van der Waals surface area (Å²) in [5.74, 6) is -1.79. The summed E-state index contributed by atoms with van der Waals surface area (Å²) in [6, 6.07) is -1.48. The quantitative estimate of drug-likeness (QED) is 0.0233. The number of carboxylic acid groups (broad SMARTS) is 1. The molecule has 0 radical (unpaired) electrons.